The van der Waals surface area contributed by atoms with E-state index in [1.807, 2.05) is 0 Å². The number of anilines is 2. The van der Waals surface area contributed by atoms with Crippen molar-refractivity contribution in [3.63, 3.8) is 0 Å². The van der Waals surface area contributed by atoms with Gasteiger partial charge in [0.05, 0.1) is 0 Å². The Hall–Kier alpha value is -2.02. The summed E-state index contributed by atoms with van der Waals surface area (Å²) >= 11 is 0. The molecule has 0 amide bonds. The minimum atomic E-state index is 1.07. The molecule has 0 aromatic heterocycles. The molecule has 0 atom stereocenters. The third-order valence-electron chi connectivity index (χ3n) is 3.44. The molecule has 1 nitrogen and oxygen atoms in total. The number of benzene rings is 2. The predicted octanol–water partition coefficient (Wildman–Crippen LogP) is 4.78. The molecule has 1 aliphatic heterocycles. The molecule has 3 rings (SSSR count). The van der Waals surface area contributed by atoms with Crippen molar-refractivity contribution in [2.45, 2.75) is 20.3 Å². The zero-order valence-corrected chi connectivity index (χ0v) is 10.8. The molecule has 0 spiro atoms. The highest BCUT2D eigenvalue weighted by molar-refractivity contribution is 5.87. The molecule has 1 heterocycles. The van der Waals surface area contributed by atoms with Crippen LogP contribution in [-0.2, 0) is 6.42 Å². The Bertz CT molecular complexity index is 624. The summed E-state index contributed by atoms with van der Waals surface area (Å²) in [5.41, 5.74) is 7.55. The molecular weight excluding hydrogens is 218 g/mol. The van der Waals surface area contributed by atoms with E-state index in [0.29, 0.717) is 0 Å². The summed E-state index contributed by atoms with van der Waals surface area (Å²) in [6, 6.07) is 13.2. The van der Waals surface area contributed by atoms with Gasteiger partial charge >= 0.3 is 0 Å². The summed E-state index contributed by atoms with van der Waals surface area (Å²) in [6.07, 6.45) is 5.44. The van der Waals surface area contributed by atoms with E-state index in [-0.39, 0.29) is 0 Å². The SMILES string of the molecule is CCc1ccc2c(c1)Nc1ccc(C)cc1C=C2. The van der Waals surface area contributed by atoms with Crippen LogP contribution in [0.1, 0.15) is 29.2 Å². The minimum Gasteiger partial charge on any atom is -0.355 e. The van der Waals surface area contributed by atoms with Crippen LogP contribution < -0.4 is 5.32 Å². The quantitative estimate of drug-likeness (QED) is 0.639. The second-order valence-corrected chi connectivity index (χ2v) is 4.82. The van der Waals surface area contributed by atoms with Gasteiger partial charge in [-0.3, -0.25) is 0 Å². The van der Waals surface area contributed by atoms with Crippen LogP contribution in [0.15, 0.2) is 36.4 Å². The van der Waals surface area contributed by atoms with E-state index in [1.165, 1.54) is 33.6 Å². The largest absolute Gasteiger partial charge is 0.355 e. The van der Waals surface area contributed by atoms with Crippen molar-refractivity contribution in [3.8, 4) is 0 Å². The Morgan fingerprint density at radius 2 is 1.72 bits per heavy atom. The lowest BCUT2D eigenvalue weighted by atomic mass is 10.1. The Morgan fingerprint density at radius 1 is 0.889 bits per heavy atom. The average molecular weight is 235 g/mol. The van der Waals surface area contributed by atoms with E-state index >= 15 is 0 Å². The van der Waals surface area contributed by atoms with Gasteiger partial charge in [0.2, 0.25) is 0 Å². The van der Waals surface area contributed by atoms with Crippen molar-refractivity contribution >= 4 is 23.5 Å². The molecule has 0 fully saturated rings. The van der Waals surface area contributed by atoms with Gasteiger partial charge in [0, 0.05) is 11.4 Å². The van der Waals surface area contributed by atoms with E-state index in [2.05, 4.69) is 67.7 Å². The summed E-state index contributed by atoms with van der Waals surface area (Å²) in [7, 11) is 0. The van der Waals surface area contributed by atoms with Crippen LogP contribution in [0.5, 0.6) is 0 Å². The lowest BCUT2D eigenvalue weighted by Gasteiger charge is -2.11. The van der Waals surface area contributed by atoms with Crippen LogP contribution in [0, 0.1) is 6.92 Å². The van der Waals surface area contributed by atoms with Gasteiger partial charge in [-0.05, 0) is 48.2 Å². The maximum atomic E-state index is 3.54. The van der Waals surface area contributed by atoms with Crippen molar-refractivity contribution < 1.29 is 0 Å². The summed E-state index contributed by atoms with van der Waals surface area (Å²) < 4.78 is 0. The van der Waals surface area contributed by atoms with Crippen molar-refractivity contribution in [1.29, 1.82) is 0 Å². The normalized spacial score (nSPS) is 12.3. The van der Waals surface area contributed by atoms with Gasteiger partial charge in [-0.1, -0.05) is 42.8 Å². The molecule has 0 bridgehead atoms. The molecule has 0 aliphatic carbocycles. The molecule has 1 N–H and O–H groups in total. The number of hydrogen-bond donors (Lipinski definition) is 1. The minimum absolute atomic E-state index is 1.07. The number of hydrogen-bond acceptors (Lipinski definition) is 1. The van der Waals surface area contributed by atoms with Crippen molar-refractivity contribution in [1.82, 2.24) is 0 Å². The lowest BCUT2D eigenvalue weighted by Crippen LogP contribution is -1.95. The smallest absolute Gasteiger partial charge is 0.0460 e. The van der Waals surface area contributed by atoms with Crippen LogP contribution in [0.3, 0.4) is 0 Å². The monoisotopic (exact) mass is 235 g/mol. The molecule has 1 aliphatic rings. The van der Waals surface area contributed by atoms with E-state index in [0.717, 1.165) is 6.42 Å². The average Bonchev–Trinajstić information content (AvgIpc) is 2.56. The third kappa shape index (κ3) is 1.92. The molecule has 90 valence electrons. The van der Waals surface area contributed by atoms with E-state index in [1.54, 1.807) is 0 Å². The number of nitrogens with one attached hydrogen (secondary N) is 1. The summed E-state index contributed by atoms with van der Waals surface area (Å²) in [5, 5.41) is 3.54. The molecule has 0 saturated heterocycles. The van der Waals surface area contributed by atoms with Crippen LogP contribution in [0.2, 0.25) is 0 Å². The highest BCUT2D eigenvalue weighted by Gasteiger charge is 2.08. The van der Waals surface area contributed by atoms with E-state index in [4.69, 9.17) is 0 Å². The fourth-order valence-corrected chi connectivity index (χ4v) is 2.34. The third-order valence-corrected chi connectivity index (χ3v) is 3.44. The van der Waals surface area contributed by atoms with Crippen LogP contribution >= 0.6 is 0 Å². The number of rotatable bonds is 1. The summed E-state index contributed by atoms with van der Waals surface area (Å²) in [4.78, 5) is 0. The fourth-order valence-electron chi connectivity index (χ4n) is 2.34. The first-order chi connectivity index (χ1) is 8.76. The van der Waals surface area contributed by atoms with Crippen molar-refractivity contribution in [2.75, 3.05) is 5.32 Å². The summed E-state index contributed by atoms with van der Waals surface area (Å²) in [6.45, 7) is 4.31. The first kappa shape index (κ1) is 11.1. The number of aryl methyl sites for hydroxylation is 2. The highest BCUT2D eigenvalue weighted by atomic mass is 14.9. The molecule has 2 aromatic carbocycles. The Balaban J connectivity index is 2.11. The molecule has 0 saturated carbocycles. The van der Waals surface area contributed by atoms with Crippen LogP contribution in [-0.4, -0.2) is 0 Å². The van der Waals surface area contributed by atoms with Crippen molar-refractivity contribution in [2.24, 2.45) is 0 Å². The Kier molecular flexibility index (Phi) is 2.67. The second kappa shape index (κ2) is 4.34. The predicted molar refractivity (Wildman–Crippen MR) is 79.2 cm³/mol. The highest BCUT2D eigenvalue weighted by Crippen LogP contribution is 2.31. The molecule has 0 radical (unpaired) electrons. The second-order valence-electron chi connectivity index (χ2n) is 4.82. The molecular formula is C17H17N. The van der Waals surface area contributed by atoms with Gasteiger partial charge in [-0.2, -0.15) is 0 Å². The maximum absolute atomic E-state index is 3.54. The Morgan fingerprint density at radius 3 is 2.56 bits per heavy atom. The molecule has 2 aromatic rings. The fraction of sp³-hybridized carbons (Fsp3) is 0.176. The van der Waals surface area contributed by atoms with Crippen LogP contribution in [0.25, 0.3) is 12.2 Å². The van der Waals surface area contributed by atoms with Gasteiger partial charge in [0.25, 0.3) is 0 Å². The maximum Gasteiger partial charge on any atom is 0.0460 e. The standard InChI is InChI=1S/C17H17N/c1-3-13-5-6-14-7-8-15-10-12(2)4-9-16(15)18-17(14)11-13/h4-11,18H,3H2,1-2H3. The first-order valence-corrected chi connectivity index (χ1v) is 6.45. The zero-order chi connectivity index (χ0) is 12.5. The lowest BCUT2D eigenvalue weighted by molar-refractivity contribution is 1.14. The zero-order valence-electron chi connectivity index (χ0n) is 10.8. The van der Waals surface area contributed by atoms with Gasteiger partial charge in [0.1, 0.15) is 0 Å². The van der Waals surface area contributed by atoms with Crippen molar-refractivity contribution in [3.05, 3.63) is 58.7 Å². The van der Waals surface area contributed by atoms with Crippen LogP contribution in [0.4, 0.5) is 11.4 Å². The molecule has 0 unspecified atom stereocenters. The number of fused-ring (bicyclic) bond motifs is 2. The van der Waals surface area contributed by atoms with Gasteiger partial charge in [-0.25, -0.2) is 0 Å². The van der Waals surface area contributed by atoms with E-state index in [9.17, 15) is 0 Å². The molecule has 1 heteroatoms. The van der Waals surface area contributed by atoms with E-state index < -0.39 is 0 Å². The molecule has 18 heavy (non-hydrogen) atoms. The van der Waals surface area contributed by atoms with Gasteiger partial charge in [0.15, 0.2) is 0 Å². The summed E-state index contributed by atoms with van der Waals surface area (Å²) in [5.74, 6) is 0. The first-order valence-electron chi connectivity index (χ1n) is 6.45. The topological polar surface area (TPSA) is 12.0 Å². The van der Waals surface area contributed by atoms with Gasteiger partial charge < -0.3 is 5.32 Å². The Labute approximate surface area is 108 Å². The van der Waals surface area contributed by atoms with Gasteiger partial charge in [-0.15, -0.1) is 0 Å².